The number of pyridine rings is 2. The minimum atomic E-state index is -0.194. The van der Waals surface area contributed by atoms with Crippen molar-refractivity contribution in [2.24, 2.45) is 0 Å². The van der Waals surface area contributed by atoms with Gasteiger partial charge in [0.15, 0.2) is 0 Å². The Hall–Kier alpha value is -3.35. The molecule has 7 nitrogen and oxygen atoms in total. The highest BCUT2D eigenvalue weighted by molar-refractivity contribution is 5.92. The van der Waals surface area contributed by atoms with Crippen LogP contribution >= 0.6 is 0 Å². The van der Waals surface area contributed by atoms with Crippen LogP contribution in [0.1, 0.15) is 35.1 Å². The van der Waals surface area contributed by atoms with Crippen molar-refractivity contribution in [1.82, 2.24) is 25.3 Å². The van der Waals surface area contributed by atoms with Gasteiger partial charge in [0.05, 0.1) is 17.9 Å². The van der Waals surface area contributed by atoms with Gasteiger partial charge in [0.2, 0.25) is 0 Å². The maximum Gasteiger partial charge on any atom is 0.269 e. The van der Waals surface area contributed by atoms with Gasteiger partial charge in [0.1, 0.15) is 11.5 Å². The van der Waals surface area contributed by atoms with Gasteiger partial charge in [-0.3, -0.25) is 19.7 Å². The molecule has 0 aromatic carbocycles. The Kier molecular flexibility index (Phi) is 4.74. The first-order valence-electron chi connectivity index (χ1n) is 8.93. The molecule has 3 aromatic rings. The van der Waals surface area contributed by atoms with Gasteiger partial charge in [-0.25, -0.2) is 4.98 Å². The smallest absolute Gasteiger partial charge is 0.269 e. The quantitative estimate of drug-likeness (QED) is 0.770. The molecule has 0 aliphatic carbocycles. The average molecular weight is 360 g/mol. The van der Waals surface area contributed by atoms with Gasteiger partial charge in [-0.1, -0.05) is 12.1 Å². The molecule has 1 N–H and O–H groups in total. The molecule has 4 heterocycles. The van der Waals surface area contributed by atoms with Gasteiger partial charge >= 0.3 is 0 Å². The van der Waals surface area contributed by atoms with Crippen LogP contribution in [-0.4, -0.2) is 39.4 Å². The van der Waals surface area contributed by atoms with Crippen molar-refractivity contribution in [3.8, 4) is 11.1 Å². The molecule has 1 fully saturated rings. The number of nitrogens with one attached hydrogen (secondary N) is 1. The summed E-state index contributed by atoms with van der Waals surface area (Å²) in [7, 11) is 1.59. The number of amides is 1. The average Bonchev–Trinajstić information content (AvgIpc) is 3.24. The first kappa shape index (κ1) is 17.1. The Morgan fingerprint density at radius 1 is 1.04 bits per heavy atom. The highest BCUT2D eigenvalue weighted by Gasteiger charge is 2.28. The van der Waals surface area contributed by atoms with Gasteiger partial charge < -0.3 is 10.2 Å². The predicted molar refractivity (Wildman–Crippen MR) is 102 cm³/mol. The van der Waals surface area contributed by atoms with Crippen molar-refractivity contribution >= 4 is 11.7 Å². The summed E-state index contributed by atoms with van der Waals surface area (Å²) in [6.45, 7) is 0.956. The van der Waals surface area contributed by atoms with Gasteiger partial charge in [-0.2, -0.15) is 0 Å². The fraction of sp³-hybridized carbons (Fsp3) is 0.250. The van der Waals surface area contributed by atoms with Gasteiger partial charge in [-0.15, -0.1) is 0 Å². The van der Waals surface area contributed by atoms with E-state index < -0.39 is 0 Å². The lowest BCUT2D eigenvalue weighted by Crippen LogP contribution is -2.24. The van der Waals surface area contributed by atoms with E-state index in [1.165, 1.54) is 0 Å². The lowest BCUT2D eigenvalue weighted by atomic mass is 10.1. The van der Waals surface area contributed by atoms with E-state index in [1.807, 2.05) is 18.3 Å². The minimum absolute atomic E-state index is 0.194. The number of aromatic nitrogens is 4. The molecule has 0 spiro atoms. The Morgan fingerprint density at radius 3 is 2.48 bits per heavy atom. The number of rotatable bonds is 4. The van der Waals surface area contributed by atoms with E-state index in [0.717, 1.165) is 42.0 Å². The summed E-state index contributed by atoms with van der Waals surface area (Å²) in [5.74, 6) is 0.695. The zero-order chi connectivity index (χ0) is 18.6. The molecule has 1 aliphatic rings. The minimum Gasteiger partial charge on any atom is -0.354 e. The molecular formula is C20H20N6O. The fourth-order valence-electron chi connectivity index (χ4n) is 3.39. The van der Waals surface area contributed by atoms with E-state index in [2.05, 4.69) is 36.2 Å². The molecule has 1 aliphatic heterocycles. The second-order valence-corrected chi connectivity index (χ2v) is 6.40. The lowest BCUT2D eigenvalue weighted by molar-refractivity contribution is 0.0958. The summed E-state index contributed by atoms with van der Waals surface area (Å²) >= 11 is 0. The van der Waals surface area contributed by atoms with Crippen LogP contribution in [0.5, 0.6) is 0 Å². The van der Waals surface area contributed by atoms with E-state index in [9.17, 15) is 4.79 Å². The molecule has 1 atom stereocenters. The third-order valence-corrected chi connectivity index (χ3v) is 4.78. The Balaban J connectivity index is 1.54. The molecule has 27 heavy (non-hydrogen) atoms. The summed E-state index contributed by atoms with van der Waals surface area (Å²) < 4.78 is 0. The topological polar surface area (TPSA) is 83.9 Å². The second kappa shape index (κ2) is 7.49. The molecule has 7 heteroatoms. The monoisotopic (exact) mass is 360 g/mol. The summed E-state index contributed by atoms with van der Waals surface area (Å²) in [5.41, 5.74) is 3.32. The third kappa shape index (κ3) is 3.48. The Labute approximate surface area is 157 Å². The van der Waals surface area contributed by atoms with E-state index in [1.54, 1.807) is 37.9 Å². The van der Waals surface area contributed by atoms with E-state index >= 15 is 0 Å². The van der Waals surface area contributed by atoms with Crippen LogP contribution in [0.25, 0.3) is 11.1 Å². The Morgan fingerprint density at radius 2 is 1.85 bits per heavy atom. The molecule has 0 radical (unpaired) electrons. The number of hydrogen-bond donors (Lipinski definition) is 1. The molecule has 1 amide bonds. The first-order chi connectivity index (χ1) is 13.3. The number of carbonyl (C=O) groups excluding carboxylic acids is 1. The van der Waals surface area contributed by atoms with Crippen molar-refractivity contribution in [2.45, 2.75) is 18.9 Å². The van der Waals surface area contributed by atoms with Crippen molar-refractivity contribution in [2.75, 3.05) is 18.5 Å². The van der Waals surface area contributed by atoms with Crippen molar-refractivity contribution in [3.63, 3.8) is 0 Å². The van der Waals surface area contributed by atoms with Gasteiger partial charge in [0, 0.05) is 49.5 Å². The number of carbonyl (C=O) groups is 1. The summed E-state index contributed by atoms with van der Waals surface area (Å²) in [6.07, 6.45) is 10.9. The largest absolute Gasteiger partial charge is 0.354 e. The molecule has 1 saturated heterocycles. The van der Waals surface area contributed by atoms with Crippen LogP contribution in [0.2, 0.25) is 0 Å². The van der Waals surface area contributed by atoms with Crippen molar-refractivity contribution in [3.05, 3.63) is 66.6 Å². The molecular weight excluding hydrogens is 340 g/mol. The van der Waals surface area contributed by atoms with E-state index in [-0.39, 0.29) is 11.9 Å². The highest BCUT2D eigenvalue weighted by atomic mass is 16.1. The van der Waals surface area contributed by atoms with Crippen LogP contribution < -0.4 is 10.2 Å². The zero-order valence-corrected chi connectivity index (χ0v) is 15.0. The third-order valence-electron chi connectivity index (χ3n) is 4.78. The predicted octanol–water partition coefficient (Wildman–Crippen LogP) is 2.63. The van der Waals surface area contributed by atoms with Crippen LogP contribution in [-0.2, 0) is 0 Å². The highest BCUT2D eigenvalue weighted by Crippen LogP contribution is 2.34. The molecule has 4 rings (SSSR count). The van der Waals surface area contributed by atoms with Gasteiger partial charge in [-0.05, 0) is 25.0 Å². The van der Waals surface area contributed by atoms with Crippen molar-refractivity contribution < 1.29 is 4.79 Å². The maximum absolute atomic E-state index is 11.6. The van der Waals surface area contributed by atoms with Crippen LogP contribution in [0.4, 0.5) is 5.82 Å². The molecule has 136 valence electrons. The summed E-state index contributed by atoms with van der Waals surface area (Å²) in [5, 5.41) is 2.57. The maximum atomic E-state index is 11.6. The van der Waals surface area contributed by atoms with E-state index in [0.29, 0.717) is 5.69 Å². The van der Waals surface area contributed by atoms with Crippen LogP contribution in [0.3, 0.4) is 0 Å². The number of anilines is 1. The summed E-state index contributed by atoms with van der Waals surface area (Å²) in [6, 6.07) is 7.92. The molecule has 3 aromatic heterocycles. The summed E-state index contributed by atoms with van der Waals surface area (Å²) in [4.78, 5) is 31.4. The van der Waals surface area contributed by atoms with Crippen LogP contribution in [0, 0.1) is 0 Å². The molecule has 0 unspecified atom stereocenters. The number of hydrogen-bond acceptors (Lipinski definition) is 6. The lowest BCUT2D eigenvalue weighted by Gasteiger charge is -2.24. The zero-order valence-electron chi connectivity index (χ0n) is 15.0. The molecule has 0 saturated carbocycles. The standard InChI is InChI=1S/C20H20N6O/c1-21-20(27)17-7-5-15(12-25-17)14-4-6-16(24-11-14)18-3-2-10-26(18)19-13-22-8-9-23-19/h4-9,11-13,18H,2-3,10H2,1H3,(H,21,27)/t18-/m0/s1. The SMILES string of the molecule is CNC(=O)c1ccc(-c2ccc([C@@H]3CCCN3c3cnccn3)nc2)cn1. The molecule has 0 bridgehead atoms. The van der Waals surface area contributed by atoms with Crippen molar-refractivity contribution in [1.29, 1.82) is 0 Å². The van der Waals surface area contributed by atoms with Gasteiger partial charge in [0.25, 0.3) is 5.91 Å². The van der Waals surface area contributed by atoms with E-state index in [4.69, 9.17) is 0 Å². The van der Waals surface area contributed by atoms with Crippen LogP contribution in [0.15, 0.2) is 55.2 Å². The normalized spacial score (nSPS) is 16.3. The second-order valence-electron chi connectivity index (χ2n) is 6.40. The first-order valence-corrected chi connectivity index (χ1v) is 8.93. The fourth-order valence-corrected chi connectivity index (χ4v) is 3.39. The number of nitrogens with zero attached hydrogens (tertiary/aromatic N) is 5. The Bertz CT molecular complexity index is 911.